The summed E-state index contributed by atoms with van der Waals surface area (Å²) in [6.07, 6.45) is 8.32. The standard InChI is InChI=1S/C42H68O7Si/c1-29(2)40-22-33(9)23-42(48-28-45-11)41(40)26-38(44)25-37(19-21-49-50(30(3)4,31(5)6)32(7)8)36(24-34(10)43)14-13-20-47-27-35-15-17-39(46-12)18-16-35/h15-18,23-25,30-32,38,40-42,44H,1,13-14,19-22,26-28H2,2-12H3/b36-24+,37-25+/t38-,40-,41-,42-/m0/s1. The summed E-state index contributed by atoms with van der Waals surface area (Å²) in [4.78, 5) is 12.6. The molecule has 0 aromatic heterocycles. The van der Waals surface area contributed by atoms with Gasteiger partial charge >= 0.3 is 0 Å². The number of carbonyl (C=O) groups excluding carboxylic acids is 1. The average Bonchev–Trinajstić information content (AvgIpc) is 3.04. The molecule has 1 aliphatic rings. The number of hydrogen-bond acceptors (Lipinski definition) is 7. The number of allylic oxidation sites excluding steroid dienone is 4. The van der Waals surface area contributed by atoms with E-state index in [-0.39, 0.29) is 30.5 Å². The van der Waals surface area contributed by atoms with E-state index in [0.29, 0.717) is 55.7 Å². The van der Waals surface area contributed by atoms with Gasteiger partial charge in [0.05, 0.1) is 25.9 Å². The number of rotatable bonds is 23. The van der Waals surface area contributed by atoms with Crippen molar-refractivity contribution in [2.75, 3.05) is 34.2 Å². The van der Waals surface area contributed by atoms with Crippen LogP contribution in [0.2, 0.25) is 16.6 Å². The Morgan fingerprint density at radius 1 is 0.980 bits per heavy atom. The lowest BCUT2D eigenvalue weighted by atomic mass is 9.72. The molecular formula is C42H68O7Si. The van der Waals surface area contributed by atoms with Gasteiger partial charge in [-0.25, -0.2) is 0 Å². The molecule has 4 atom stereocenters. The Hall–Kier alpha value is -2.33. The van der Waals surface area contributed by atoms with Crippen LogP contribution in [0.3, 0.4) is 0 Å². The fourth-order valence-electron chi connectivity index (χ4n) is 7.97. The van der Waals surface area contributed by atoms with Crippen molar-refractivity contribution in [3.63, 3.8) is 0 Å². The molecule has 7 nitrogen and oxygen atoms in total. The molecule has 0 heterocycles. The second-order valence-corrected chi connectivity index (χ2v) is 20.5. The molecule has 1 aromatic rings. The van der Waals surface area contributed by atoms with Crippen molar-refractivity contribution in [2.24, 2.45) is 11.8 Å². The van der Waals surface area contributed by atoms with Crippen LogP contribution < -0.4 is 4.74 Å². The summed E-state index contributed by atoms with van der Waals surface area (Å²) in [5.74, 6) is 1.02. The Balaban J connectivity index is 2.36. The first-order valence-electron chi connectivity index (χ1n) is 18.5. The molecule has 0 bridgehead atoms. The van der Waals surface area contributed by atoms with E-state index in [9.17, 15) is 9.90 Å². The van der Waals surface area contributed by atoms with Gasteiger partial charge in [-0.2, -0.15) is 0 Å². The van der Waals surface area contributed by atoms with Gasteiger partial charge in [0, 0.05) is 20.3 Å². The maximum absolute atomic E-state index is 12.6. The van der Waals surface area contributed by atoms with Crippen LogP contribution in [0.5, 0.6) is 5.75 Å². The Labute approximate surface area is 305 Å². The number of aliphatic hydroxyl groups is 1. The number of carbonyl (C=O) groups is 1. The highest BCUT2D eigenvalue weighted by atomic mass is 28.4. The third-order valence-electron chi connectivity index (χ3n) is 10.2. The molecule has 2 rings (SSSR count). The molecule has 50 heavy (non-hydrogen) atoms. The Morgan fingerprint density at radius 2 is 1.62 bits per heavy atom. The zero-order chi connectivity index (χ0) is 37.4. The molecule has 0 spiro atoms. The summed E-state index contributed by atoms with van der Waals surface area (Å²) in [6.45, 7) is 25.6. The Bertz CT molecular complexity index is 1260. The predicted octanol–water partition coefficient (Wildman–Crippen LogP) is 9.91. The summed E-state index contributed by atoms with van der Waals surface area (Å²) < 4.78 is 29.7. The minimum atomic E-state index is -2.11. The van der Waals surface area contributed by atoms with Crippen LogP contribution in [0, 0.1) is 11.8 Å². The Kier molecular flexibility index (Phi) is 19.2. The SMILES string of the molecule is C=C(C)[C@@H]1CC(C)=C[C@H](OCOC)[C@H]1C[C@@H](O)/C=C(CCO[Si](C(C)C)(C(C)C)C(C)C)/C(=C/C(C)=O)CCCOCc1ccc(OC)cc1. The van der Waals surface area contributed by atoms with Gasteiger partial charge in [0.2, 0.25) is 0 Å². The third-order valence-corrected chi connectivity index (χ3v) is 16.3. The van der Waals surface area contributed by atoms with Crippen LogP contribution in [-0.2, 0) is 30.0 Å². The monoisotopic (exact) mass is 712 g/mol. The molecule has 0 saturated carbocycles. The van der Waals surface area contributed by atoms with Crippen molar-refractivity contribution in [1.29, 1.82) is 0 Å². The zero-order valence-electron chi connectivity index (χ0n) is 33.1. The largest absolute Gasteiger partial charge is 0.497 e. The highest BCUT2D eigenvalue weighted by Crippen LogP contribution is 2.43. The van der Waals surface area contributed by atoms with Crippen LogP contribution in [0.4, 0.5) is 0 Å². The normalized spacial score (nSPS) is 19.7. The van der Waals surface area contributed by atoms with Crippen molar-refractivity contribution in [3.05, 3.63) is 76.9 Å². The molecule has 1 N–H and O–H groups in total. The maximum Gasteiger partial charge on any atom is 0.200 e. The zero-order valence-corrected chi connectivity index (χ0v) is 34.1. The van der Waals surface area contributed by atoms with Gasteiger partial charge in [-0.05, 0) is 116 Å². The van der Waals surface area contributed by atoms with Crippen molar-refractivity contribution in [2.45, 2.75) is 130 Å². The molecule has 0 amide bonds. The molecule has 1 aliphatic carbocycles. The van der Waals surface area contributed by atoms with Crippen LogP contribution in [-0.4, -0.2) is 65.6 Å². The predicted molar refractivity (Wildman–Crippen MR) is 208 cm³/mol. The average molecular weight is 713 g/mol. The van der Waals surface area contributed by atoms with E-state index in [4.69, 9.17) is 23.4 Å². The summed E-state index contributed by atoms with van der Waals surface area (Å²) in [7, 11) is 1.17. The lowest BCUT2D eigenvalue weighted by Gasteiger charge is -2.42. The molecule has 1 aromatic carbocycles. The molecule has 282 valence electrons. The summed E-state index contributed by atoms with van der Waals surface area (Å²) in [5.41, 5.74) is 6.69. The van der Waals surface area contributed by atoms with Gasteiger partial charge in [0.1, 0.15) is 12.5 Å². The topological polar surface area (TPSA) is 83.5 Å². The van der Waals surface area contributed by atoms with Gasteiger partial charge in [-0.15, -0.1) is 0 Å². The van der Waals surface area contributed by atoms with E-state index in [1.165, 1.54) is 5.57 Å². The number of hydrogen-bond donors (Lipinski definition) is 1. The fourth-order valence-corrected chi connectivity index (χ4v) is 13.4. The molecule has 0 unspecified atom stereocenters. The quantitative estimate of drug-likeness (QED) is 0.0302. The van der Waals surface area contributed by atoms with Gasteiger partial charge < -0.3 is 28.5 Å². The lowest BCUT2D eigenvalue weighted by molar-refractivity contribution is -0.112. The van der Waals surface area contributed by atoms with E-state index in [1.807, 2.05) is 30.3 Å². The minimum Gasteiger partial charge on any atom is -0.497 e. The van der Waals surface area contributed by atoms with Crippen molar-refractivity contribution >= 4 is 14.1 Å². The second-order valence-electron chi connectivity index (χ2n) is 15.1. The van der Waals surface area contributed by atoms with Crippen LogP contribution in [0.1, 0.15) is 100.0 Å². The summed E-state index contributed by atoms with van der Waals surface area (Å²) >= 11 is 0. The summed E-state index contributed by atoms with van der Waals surface area (Å²) in [6, 6.07) is 7.87. The van der Waals surface area contributed by atoms with Crippen molar-refractivity contribution < 1.29 is 33.3 Å². The van der Waals surface area contributed by atoms with Crippen LogP contribution in [0.15, 0.2) is 71.4 Å². The highest BCUT2D eigenvalue weighted by Gasteiger charge is 2.45. The third kappa shape index (κ3) is 13.3. The first kappa shape index (κ1) is 43.8. The van der Waals surface area contributed by atoms with Crippen LogP contribution in [0.25, 0.3) is 0 Å². The first-order chi connectivity index (χ1) is 23.7. The fraction of sp³-hybridized carbons (Fsp3) is 0.643. The molecule has 0 saturated heterocycles. The van der Waals surface area contributed by atoms with E-state index >= 15 is 0 Å². The number of aliphatic hydroxyl groups excluding tert-OH is 1. The Morgan fingerprint density at radius 3 is 2.16 bits per heavy atom. The van der Waals surface area contributed by atoms with E-state index in [1.54, 1.807) is 27.2 Å². The number of ketones is 1. The van der Waals surface area contributed by atoms with Gasteiger partial charge in [-0.1, -0.05) is 83.6 Å². The number of methoxy groups -OCH3 is 2. The van der Waals surface area contributed by atoms with Gasteiger partial charge in [0.25, 0.3) is 0 Å². The lowest BCUT2D eigenvalue weighted by Crippen LogP contribution is -2.48. The van der Waals surface area contributed by atoms with Gasteiger partial charge in [-0.3, -0.25) is 4.79 Å². The first-order valence-corrected chi connectivity index (χ1v) is 20.7. The maximum atomic E-state index is 12.6. The van der Waals surface area contributed by atoms with Crippen molar-refractivity contribution in [1.82, 2.24) is 0 Å². The molecule has 0 radical (unpaired) electrons. The molecule has 8 heteroatoms. The van der Waals surface area contributed by atoms with Crippen molar-refractivity contribution in [3.8, 4) is 5.75 Å². The number of ether oxygens (including phenoxy) is 4. The molecule has 0 aliphatic heterocycles. The second kappa shape index (κ2) is 21.9. The molecular weight excluding hydrogens is 645 g/mol. The molecule has 0 fully saturated rings. The smallest absolute Gasteiger partial charge is 0.200 e. The van der Waals surface area contributed by atoms with Gasteiger partial charge in [0.15, 0.2) is 14.1 Å². The highest BCUT2D eigenvalue weighted by molar-refractivity contribution is 6.77. The van der Waals surface area contributed by atoms with E-state index < -0.39 is 14.4 Å². The summed E-state index contributed by atoms with van der Waals surface area (Å²) in [5, 5.41) is 11.8. The van der Waals surface area contributed by atoms with Crippen LogP contribution >= 0.6 is 0 Å². The minimum absolute atomic E-state index is 0.0148. The van der Waals surface area contributed by atoms with E-state index in [0.717, 1.165) is 40.9 Å². The van der Waals surface area contributed by atoms with E-state index in [2.05, 4.69) is 68.0 Å². The number of benzene rings is 1.